The van der Waals surface area contributed by atoms with Gasteiger partial charge >= 0.3 is 0 Å². The molecule has 0 saturated carbocycles. The molecular formula is C10H21NO. The van der Waals surface area contributed by atoms with Crippen molar-refractivity contribution in [1.29, 1.82) is 0 Å². The summed E-state index contributed by atoms with van der Waals surface area (Å²) in [5.41, 5.74) is 1.17. The molecular weight excluding hydrogens is 150 g/mol. The SMILES string of the molecule is CCC(=NC)[C@H](OC)[C@@H](C)CC. The van der Waals surface area contributed by atoms with Crippen LogP contribution in [0, 0.1) is 5.92 Å². The van der Waals surface area contributed by atoms with Gasteiger partial charge in [-0.15, -0.1) is 0 Å². The Labute approximate surface area is 76.0 Å². The fourth-order valence-corrected chi connectivity index (χ4v) is 1.40. The van der Waals surface area contributed by atoms with Gasteiger partial charge in [-0.25, -0.2) is 0 Å². The van der Waals surface area contributed by atoms with E-state index in [2.05, 4.69) is 25.8 Å². The van der Waals surface area contributed by atoms with Crippen LogP contribution in [0.5, 0.6) is 0 Å². The summed E-state index contributed by atoms with van der Waals surface area (Å²) in [6.45, 7) is 6.51. The molecule has 0 aromatic heterocycles. The highest BCUT2D eigenvalue weighted by Gasteiger charge is 2.18. The third-order valence-corrected chi connectivity index (χ3v) is 2.39. The van der Waals surface area contributed by atoms with Crippen LogP contribution in [0.1, 0.15) is 33.6 Å². The Morgan fingerprint density at radius 3 is 2.25 bits per heavy atom. The molecule has 0 rings (SSSR count). The minimum absolute atomic E-state index is 0.213. The maximum Gasteiger partial charge on any atom is 0.0972 e. The Kier molecular flexibility index (Phi) is 5.99. The van der Waals surface area contributed by atoms with Crippen LogP contribution >= 0.6 is 0 Å². The minimum atomic E-state index is 0.213. The summed E-state index contributed by atoms with van der Waals surface area (Å²) < 4.78 is 5.42. The lowest BCUT2D eigenvalue weighted by atomic mass is 9.96. The van der Waals surface area contributed by atoms with E-state index in [1.807, 2.05) is 7.05 Å². The highest BCUT2D eigenvalue weighted by Crippen LogP contribution is 2.13. The third-order valence-electron chi connectivity index (χ3n) is 2.39. The van der Waals surface area contributed by atoms with Gasteiger partial charge in [0.2, 0.25) is 0 Å². The molecule has 0 aromatic carbocycles. The Bertz CT molecular complexity index is 143. The minimum Gasteiger partial charge on any atom is -0.375 e. The van der Waals surface area contributed by atoms with Crippen LogP contribution in [0.4, 0.5) is 0 Å². The van der Waals surface area contributed by atoms with Crippen molar-refractivity contribution >= 4 is 5.71 Å². The van der Waals surface area contributed by atoms with E-state index < -0.39 is 0 Å². The average Bonchev–Trinajstić information content (AvgIpc) is 2.12. The molecule has 12 heavy (non-hydrogen) atoms. The fraction of sp³-hybridized carbons (Fsp3) is 0.900. The molecule has 0 radical (unpaired) electrons. The molecule has 0 bridgehead atoms. The number of ether oxygens (including phenoxy) is 1. The fourth-order valence-electron chi connectivity index (χ4n) is 1.40. The molecule has 0 saturated heterocycles. The van der Waals surface area contributed by atoms with Crippen molar-refractivity contribution in [3.63, 3.8) is 0 Å². The standard InChI is InChI=1S/C10H21NO/c1-6-8(3)10(12-5)9(7-2)11-4/h8,10H,6-7H2,1-5H3/t8-,10+/m0/s1. The molecule has 0 amide bonds. The molecule has 0 aromatic rings. The first kappa shape index (κ1) is 11.6. The Hall–Kier alpha value is -0.370. The molecule has 0 heterocycles. The summed E-state index contributed by atoms with van der Waals surface area (Å²) in [7, 11) is 3.60. The van der Waals surface area contributed by atoms with Crippen LogP contribution in [-0.4, -0.2) is 26.0 Å². The smallest absolute Gasteiger partial charge is 0.0972 e. The summed E-state index contributed by atoms with van der Waals surface area (Å²) >= 11 is 0. The van der Waals surface area contributed by atoms with E-state index in [0.717, 1.165) is 12.8 Å². The lowest BCUT2D eigenvalue weighted by Gasteiger charge is -2.22. The quantitative estimate of drug-likeness (QED) is 0.582. The van der Waals surface area contributed by atoms with Gasteiger partial charge in [-0.2, -0.15) is 0 Å². The number of nitrogens with zero attached hydrogens (tertiary/aromatic N) is 1. The number of hydrogen-bond donors (Lipinski definition) is 0. The monoisotopic (exact) mass is 171 g/mol. The van der Waals surface area contributed by atoms with Crippen molar-refractivity contribution in [3.05, 3.63) is 0 Å². The molecule has 0 aliphatic heterocycles. The summed E-state index contributed by atoms with van der Waals surface area (Å²) in [6, 6.07) is 0. The van der Waals surface area contributed by atoms with E-state index in [0.29, 0.717) is 5.92 Å². The van der Waals surface area contributed by atoms with Gasteiger partial charge in [0.25, 0.3) is 0 Å². The topological polar surface area (TPSA) is 21.6 Å². The molecule has 0 spiro atoms. The van der Waals surface area contributed by atoms with Gasteiger partial charge in [-0.05, 0) is 12.3 Å². The Balaban J connectivity index is 4.31. The molecule has 0 unspecified atom stereocenters. The van der Waals surface area contributed by atoms with Crippen molar-refractivity contribution in [2.45, 2.75) is 39.7 Å². The maximum absolute atomic E-state index is 5.42. The predicted molar refractivity (Wildman–Crippen MR) is 53.9 cm³/mol. The maximum atomic E-state index is 5.42. The highest BCUT2D eigenvalue weighted by molar-refractivity contribution is 5.88. The van der Waals surface area contributed by atoms with E-state index in [1.54, 1.807) is 7.11 Å². The number of aliphatic imine (C=N–C) groups is 1. The zero-order valence-electron chi connectivity index (χ0n) is 8.92. The zero-order chi connectivity index (χ0) is 9.56. The molecule has 2 atom stereocenters. The van der Waals surface area contributed by atoms with Gasteiger partial charge in [0.15, 0.2) is 0 Å². The Morgan fingerprint density at radius 1 is 1.42 bits per heavy atom. The molecule has 0 aliphatic rings. The van der Waals surface area contributed by atoms with E-state index in [1.165, 1.54) is 5.71 Å². The van der Waals surface area contributed by atoms with E-state index in [9.17, 15) is 0 Å². The van der Waals surface area contributed by atoms with Gasteiger partial charge in [0.1, 0.15) is 0 Å². The van der Waals surface area contributed by atoms with Gasteiger partial charge in [-0.1, -0.05) is 27.2 Å². The second-order valence-corrected chi connectivity index (χ2v) is 3.11. The van der Waals surface area contributed by atoms with Gasteiger partial charge < -0.3 is 4.74 Å². The largest absolute Gasteiger partial charge is 0.375 e. The number of hydrogen-bond acceptors (Lipinski definition) is 2. The van der Waals surface area contributed by atoms with Crippen LogP contribution in [0.15, 0.2) is 4.99 Å². The lowest BCUT2D eigenvalue weighted by molar-refractivity contribution is 0.108. The summed E-state index contributed by atoms with van der Waals surface area (Å²) in [6.07, 6.45) is 2.33. The molecule has 2 nitrogen and oxygen atoms in total. The van der Waals surface area contributed by atoms with Gasteiger partial charge in [0, 0.05) is 19.9 Å². The van der Waals surface area contributed by atoms with Crippen molar-refractivity contribution in [1.82, 2.24) is 0 Å². The highest BCUT2D eigenvalue weighted by atomic mass is 16.5. The third kappa shape index (κ3) is 2.94. The van der Waals surface area contributed by atoms with Crippen molar-refractivity contribution in [2.75, 3.05) is 14.2 Å². The van der Waals surface area contributed by atoms with Crippen molar-refractivity contribution in [2.24, 2.45) is 10.9 Å². The van der Waals surface area contributed by atoms with Gasteiger partial charge in [-0.3, -0.25) is 4.99 Å². The first-order valence-electron chi connectivity index (χ1n) is 4.69. The summed E-state index contributed by atoms with van der Waals surface area (Å²) in [5, 5.41) is 0. The molecule has 0 aliphatic carbocycles. The van der Waals surface area contributed by atoms with Crippen LogP contribution in [0.3, 0.4) is 0 Å². The average molecular weight is 171 g/mol. The van der Waals surface area contributed by atoms with Gasteiger partial charge in [0.05, 0.1) is 6.10 Å². The van der Waals surface area contributed by atoms with Crippen LogP contribution < -0.4 is 0 Å². The molecule has 0 N–H and O–H groups in total. The van der Waals surface area contributed by atoms with E-state index in [-0.39, 0.29) is 6.10 Å². The zero-order valence-corrected chi connectivity index (χ0v) is 8.92. The normalized spacial score (nSPS) is 17.6. The van der Waals surface area contributed by atoms with Crippen molar-refractivity contribution < 1.29 is 4.74 Å². The van der Waals surface area contributed by atoms with E-state index in [4.69, 9.17) is 4.74 Å². The second-order valence-electron chi connectivity index (χ2n) is 3.11. The van der Waals surface area contributed by atoms with E-state index >= 15 is 0 Å². The summed E-state index contributed by atoms with van der Waals surface area (Å²) in [4.78, 5) is 4.24. The summed E-state index contributed by atoms with van der Waals surface area (Å²) in [5.74, 6) is 0.564. The molecule has 0 fully saturated rings. The second kappa shape index (κ2) is 6.18. The lowest BCUT2D eigenvalue weighted by Crippen LogP contribution is -2.29. The predicted octanol–water partition coefficient (Wildman–Crippen LogP) is 2.53. The van der Waals surface area contributed by atoms with Crippen LogP contribution in [0.2, 0.25) is 0 Å². The number of rotatable bonds is 5. The van der Waals surface area contributed by atoms with Crippen LogP contribution in [0.25, 0.3) is 0 Å². The first-order valence-corrected chi connectivity index (χ1v) is 4.69. The van der Waals surface area contributed by atoms with Crippen molar-refractivity contribution in [3.8, 4) is 0 Å². The number of methoxy groups -OCH3 is 1. The Morgan fingerprint density at radius 2 is 2.00 bits per heavy atom. The molecule has 72 valence electrons. The van der Waals surface area contributed by atoms with Crippen LogP contribution in [-0.2, 0) is 4.74 Å². The molecule has 2 heteroatoms. The first-order chi connectivity index (χ1) is 5.71.